The Balaban J connectivity index is 2.01. The van der Waals surface area contributed by atoms with Crippen LogP contribution in [0.5, 0.6) is 0 Å². The molecular weight excluding hydrogens is 373 g/mol. The van der Waals surface area contributed by atoms with Gasteiger partial charge in [0.05, 0.1) is 11.6 Å². The Kier molecular flexibility index (Phi) is 5.10. The molecule has 1 heterocycles. The van der Waals surface area contributed by atoms with Crippen molar-refractivity contribution in [1.82, 2.24) is 10.2 Å². The second kappa shape index (κ2) is 6.97. The molecule has 2 aliphatic rings. The summed E-state index contributed by atoms with van der Waals surface area (Å²) in [6, 6.07) is 1.79. The Morgan fingerprint density at radius 1 is 1.25 bits per heavy atom. The number of fused-ring (bicyclic) bond motifs is 1. The Labute approximate surface area is 162 Å². The van der Waals surface area contributed by atoms with Gasteiger partial charge in [-0.05, 0) is 70.2 Å². The molecular formula is C20H25F3N2O3. The minimum Gasteiger partial charge on any atom is -0.444 e. The predicted molar refractivity (Wildman–Crippen MR) is 96.7 cm³/mol. The van der Waals surface area contributed by atoms with Crippen LogP contribution in [0, 0.1) is 0 Å². The molecule has 1 aromatic carbocycles. The molecule has 1 unspecified atom stereocenters. The third kappa shape index (κ3) is 3.95. The van der Waals surface area contributed by atoms with E-state index in [1.807, 2.05) is 0 Å². The SMILES string of the molecule is CC(c1cc2c(c(C(F)(F)F)c1)CNC2=O)N(C(=O)OC(C)(C)C)C1CCC1. The van der Waals surface area contributed by atoms with E-state index in [-0.39, 0.29) is 29.3 Å². The van der Waals surface area contributed by atoms with E-state index in [0.717, 1.165) is 25.3 Å². The van der Waals surface area contributed by atoms with Gasteiger partial charge in [0.1, 0.15) is 5.60 Å². The largest absolute Gasteiger partial charge is 0.444 e. The molecule has 1 atom stereocenters. The van der Waals surface area contributed by atoms with Gasteiger partial charge in [-0.3, -0.25) is 9.69 Å². The molecule has 1 N–H and O–H groups in total. The summed E-state index contributed by atoms with van der Waals surface area (Å²) in [6.07, 6.45) is -2.62. The van der Waals surface area contributed by atoms with Gasteiger partial charge in [-0.1, -0.05) is 0 Å². The molecule has 1 aliphatic carbocycles. The molecule has 8 heteroatoms. The number of carbonyl (C=O) groups excluding carboxylic acids is 2. The topological polar surface area (TPSA) is 58.6 Å². The molecule has 0 radical (unpaired) electrons. The summed E-state index contributed by atoms with van der Waals surface area (Å²) in [6.45, 7) is 6.77. The fraction of sp³-hybridized carbons (Fsp3) is 0.600. The van der Waals surface area contributed by atoms with Gasteiger partial charge in [0, 0.05) is 18.2 Å². The number of hydrogen-bond acceptors (Lipinski definition) is 3. The Hall–Kier alpha value is -2.25. The van der Waals surface area contributed by atoms with Crippen molar-refractivity contribution in [3.63, 3.8) is 0 Å². The number of halogens is 3. The van der Waals surface area contributed by atoms with Crippen LogP contribution in [-0.4, -0.2) is 28.5 Å². The molecule has 0 bridgehead atoms. The van der Waals surface area contributed by atoms with E-state index in [0.29, 0.717) is 0 Å². The first-order valence-electron chi connectivity index (χ1n) is 9.42. The Bertz CT molecular complexity index is 795. The van der Waals surface area contributed by atoms with Gasteiger partial charge < -0.3 is 10.1 Å². The minimum absolute atomic E-state index is 0.0226. The summed E-state index contributed by atoms with van der Waals surface area (Å²) in [5.74, 6) is -0.526. The van der Waals surface area contributed by atoms with Crippen LogP contribution in [0.15, 0.2) is 12.1 Å². The number of alkyl halides is 3. The van der Waals surface area contributed by atoms with Crippen molar-refractivity contribution < 1.29 is 27.5 Å². The van der Waals surface area contributed by atoms with E-state index in [2.05, 4.69) is 5.32 Å². The van der Waals surface area contributed by atoms with Crippen molar-refractivity contribution >= 4 is 12.0 Å². The molecule has 1 aliphatic heterocycles. The van der Waals surface area contributed by atoms with Gasteiger partial charge in [-0.25, -0.2) is 4.79 Å². The van der Waals surface area contributed by atoms with Crippen molar-refractivity contribution in [3.05, 3.63) is 34.4 Å². The van der Waals surface area contributed by atoms with E-state index in [4.69, 9.17) is 4.74 Å². The zero-order valence-electron chi connectivity index (χ0n) is 16.4. The molecule has 1 aromatic rings. The number of hydrogen-bond donors (Lipinski definition) is 1. The van der Waals surface area contributed by atoms with E-state index in [9.17, 15) is 22.8 Å². The van der Waals surface area contributed by atoms with Crippen LogP contribution in [0.2, 0.25) is 0 Å². The van der Waals surface area contributed by atoms with Gasteiger partial charge in [0.25, 0.3) is 5.91 Å². The predicted octanol–water partition coefficient (Wildman–Crippen LogP) is 4.80. The third-order valence-electron chi connectivity index (χ3n) is 5.22. The van der Waals surface area contributed by atoms with E-state index >= 15 is 0 Å². The lowest BCUT2D eigenvalue weighted by Crippen LogP contribution is -2.47. The minimum atomic E-state index is -4.58. The zero-order chi connectivity index (χ0) is 20.9. The Morgan fingerprint density at radius 3 is 2.39 bits per heavy atom. The molecule has 1 fully saturated rings. The van der Waals surface area contributed by atoms with Crippen LogP contribution >= 0.6 is 0 Å². The second-order valence-corrected chi connectivity index (χ2v) is 8.42. The first-order valence-corrected chi connectivity index (χ1v) is 9.42. The Morgan fingerprint density at radius 2 is 1.89 bits per heavy atom. The van der Waals surface area contributed by atoms with Gasteiger partial charge in [-0.2, -0.15) is 13.2 Å². The molecule has 0 saturated heterocycles. The molecule has 2 amide bonds. The summed E-state index contributed by atoms with van der Waals surface area (Å²) in [4.78, 5) is 26.3. The highest BCUT2D eigenvalue weighted by atomic mass is 19.4. The van der Waals surface area contributed by atoms with Crippen LogP contribution in [-0.2, 0) is 17.5 Å². The maximum Gasteiger partial charge on any atom is 0.416 e. The van der Waals surface area contributed by atoms with Crippen LogP contribution in [0.1, 0.15) is 80.0 Å². The van der Waals surface area contributed by atoms with Crippen molar-refractivity contribution in [1.29, 1.82) is 0 Å². The number of nitrogens with zero attached hydrogens (tertiary/aromatic N) is 1. The second-order valence-electron chi connectivity index (χ2n) is 8.42. The number of nitrogens with one attached hydrogen (secondary N) is 1. The molecule has 1 saturated carbocycles. The average Bonchev–Trinajstić information content (AvgIpc) is 2.87. The number of amides is 2. The summed E-state index contributed by atoms with van der Waals surface area (Å²) >= 11 is 0. The molecule has 0 spiro atoms. The average molecular weight is 398 g/mol. The highest BCUT2D eigenvalue weighted by Crippen LogP contribution is 2.40. The fourth-order valence-electron chi connectivity index (χ4n) is 3.61. The van der Waals surface area contributed by atoms with E-state index < -0.39 is 35.4 Å². The lowest BCUT2D eigenvalue weighted by Gasteiger charge is -2.42. The number of carbonyl (C=O) groups is 2. The molecule has 3 rings (SSSR count). The monoisotopic (exact) mass is 398 g/mol. The first kappa shape index (κ1) is 20.5. The number of rotatable bonds is 3. The maximum atomic E-state index is 13.6. The molecule has 28 heavy (non-hydrogen) atoms. The lowest BCUT2D eigenvalue weighted by atomic mass is 9.88. The maximum absolute atomic E-state index is 13.6. The highest BCUT2D eigenvalue weighted by molar-refractivity contribution is 5.99. The normalized spacial score (nSPS) is 18.2. The van der Waals surface area contributed by atoms with Gasteiger partial charge in [0.2, 0.25) is 0 Å². The van der Waals surface area contributed by atoms with Gasteiger partial charge in [0.15, 0.2) is 0 Å². The van der Waals surface area contributed by atoms with Gasteiger partial charge in [-0.15, -0.1) is 0 Å². The summed E-state index contributed by atoms with van der Waals surface area (Å²) < 4.78 is 46.3. The van der Waals surface area contributed by atoms with Crippen LogP contribution in [0.4, 0.5) is 18.0 Å². The zero-order valence-corrected chi connectivity index (χ0v) is 16.4. The van der Waals surface area contributed by atoms with Crippen molar-refractivity contribution in [3.8, 4) is 0 Å². The fourth-order valence-corrected chi connectivity index (χ4v) is 3.61. The van der Waals surface area contributed by atoms with Crippen LogP contribution in [0.25, 0.3) is 0 Å². The first-order chi connectivity index (χ1) is 12.9. The molecule has 154 valence electrons. The molecule has 5 nitrogen and oxygen atoms in total. The summed E-state index contributed by atoms with van der Waals surface area (Å²) in [5.41, 5.74) is -1.28. The molecule has 0 aromatic heterocycles. The third-order valence-corrected chi connectivity index (χ3v) is 5.22. The standard InChI is InChI=1S/C20H25F3N2O3/c1-11(25(13-6-5-7-13)18(27)28-19(2,3)4)12-8-14-15(10-24-17(14)26)16(9-12)20(21,22)23/h8-9,11,13H,5-7,10H2,1-4H3,(H,24,26). The quantitative estimate of drug-likeness (QED) is 0.796. The van der Waals surface area contributed by atoms with Crippen LogP contribution in [0.3, 0.4) is 0 Å². The lowest BCUT2D eigenvalue weighted by molar-refractivity contribution is -0.138. The highest BCUT2D eigenvalue weighted by Gasteiger charge is 2.40. The van der Waals surface area contributed by atoms with Crippen molar-refractivity contribution in [2.24, 2.45) is 0 Å². The van der Waals surface area contributed by atoms with Crippen molar-refractivity contribution in [2.75, 3.05) is 0 Å². The smallest absolute Gasteiger partial charge is 0.416 e. The van der Waals surface area contributed by atoms with Crippen LogP contribution < -0.4 is 5.32 Å². The van der Waals surface area contributed by atoms with Crippen molar-refractivity contribution in [2.45, 2.75) is 77.4 Å². The number of benzene rings is 1. The summed E-state index contributed by atoms with van der Waals surface area (Å²) in [7, 11) is 0. The van der Waals surface area contributed by atoms with E-state index in [1.165, 1.54) is 11.0 Å². The number of ether oxygens (including phenoxy) is 1. The van der Waals surface area contributed by atoms with Gasteiger partial charge >= 0.3 is 12.3 Å². The summed E-state index contributed by atoms with van der Waals surface area (Å²) in [5, 5.41) is 2.45. The van der Waals surface area contributed by atoms with E-state index in [1.54, 1.807) is 27.7 Å².